The Morgan fingerprint density at radius 3 is 2.83 bits per heavy atom. The zero-order valence-electron chi connectivity index (χ0n) is 14.5. The molecule has 0 bridgehead atoms. The summed E-state index contributed by atoms with van der Waals surface area (Å²) >= 11 is 0. The van der Waals surface area contributed by atoms with Crippen LogP contribution in [0.2, 0.25) is 0 Å². The van der Waals surface area contributed by atoms with E-state index in [1.165, 1.54) is 19.3 Å². The molecule has 1 saturated carbocycles. The lowest BCUT2D eigenvalue weighted by atomic mass is 9.90. The molecule has 1 aliphatic carbocycles. The Morgan fingerprint density at radius 1 is 1.25 bits per heavy atom. The van der Waals surface area contributed by atoms with Crippen LogP contribution in [0.3, 0.4) is 0 Å². The number of morpholine rings is 1. The topological polar surface area (TPSA) is 51.2 Å². The molecule has 1 aromatic rings. The summed E-state index contributed by atoms with van der Waals surface area (Å²) in [7, 11) is 1.66. The molecule has 1 aliphatic heterocycles. The first kappa shape index (κ1) is 17.7. The first-order valence-corrected chi connectivity index (χ1v) is 9.00. The molecule has 3 atom stereocenters. The van der Waals surface area contributed by atoms with Crippen molar-refractivity contribution in [3.05, 3.63) is 29.8 Å². The second kappa shape index (κ2) is 8.81. The van der Waals surface area contributed by atoms with Gasteiger partial charge in [-0.05, 0) is 30.5 Å². The van der Waals surface area contributed by atoms with E-state index >= 15 is 0 Å². The lowest BCUT2D eigenvalue weighted by molar-refractivity contribution is -0.103. The Hall–Kier alpha value is -1.14. The Bertz CT molecular complexity index is 491. The quantitative estimate of drug-likeness (QED) is 0.828. The van der Waals surface area contributed by atoms with Gasteiger partial charge in [-0.15, -0.1) is 0 Å². The molecule has 3 unspecified atom stereocenters. The maximum atomic E-state index is 10.3. The van der Waals surface area contributed by atoms with Gasteiger partial charge in [0.2, 0.25) is 0 Å². The molecule has 5 heteroatoms. The van der Waals surface area contributed by atoms with Crippen molar-refractivity contribution in [3.8, 4) is 5.75 Å². The molecule has 24 heavy (non-hydrogen) atoms. The summed E-state index contributed by atoms with van der Waals surface area (Å²) in [5, 5.41) is 10.3. The SMILES string of the molecule is COc1ccc(COCC(O)CN2CCOC3CCCCC32)cc1. The molecule has 0 spiro atoms. The first-order chi connectivity index (χ1) is 11.8. The fraction of sp³-hybridized carbons (Fsp3) is 0.684. The average molecular weight is 335 g/mol. The Balaban J connectivity index is 1.40. The van der Waals surface area contributed by atoms with Crippen LogP contribution in [0.15, 0.2) is 24.3 Å². The molecule has 0 amide bonds. The first-order valence-electron chi connectivity index (χ1n) is 9.00. The molecule has 1 N–H and O–H groups in total. The average Bonchev–Trinajstić information content (AvgIpc) is 2.63. The maximum Gasteiger partial charge on any atom is 0.118 e. The van der Waals surface area contributed by atoms with Gasteiger partial charge in [0.05, 0.1) is 39.1 Å². The molecule has 1 heterocycles. The number of benzene rings is 1. The molecule has 2 fully saturated rings. The van der Waals surface area contributed by atoms with Gasteiger partial charge in [-0.2, -0.15) is 0 Å². The second-order valence-electron chi connectivity index (χ2n) is 6.77. The highest BCUT2D eigenvalue weighted by molar-refractivity contribution is 5.26. The maximum absolute atomic E-state index is 10.3. The van der Waals surface area contributed by atoms with Crippen LogP contribution in [0.5, 0.6) is 5.75 Å². The van der Waals surface area contributed by atoms with E-state index in [-0.39, 0.29) is 0 Å². The molecule has 0 aromatic heterocycles. The third-order valence-electron chi connectivity index (χ3n) is 5.03. The van der Waals surface area contributed by atoms with Gasteiger partial charge in [-0.3, -0.25) is 4.90 Å². The summed E-state index contributed by atoms with van der Waals surface area (Å²) in [6, 6.07) is 8.29. The van der Waals surface area contributed by atoms with Crippen molar-refractivity contribution in [2.24, 2.45) is 0 Å². The molecule has 1 saturated heterocycles. The fourth-order valence-corrected chi connectivity index (χ4v) is 3.76. The van der Waals surface area contributed by atoms with Crippen LogP contribution in [0.1, 0.15) is 31.2 Å². The van der Waals surface area contributed by atoms with Gasteiger partial charge in [0.15, 0.2) is 0 Å². The summed E-state index contributed by atoms with van der Waals surface area (Å²) in [6.45, 7) is 3.24. The number of methoxy groups -OCH3 is 1. The number of ether oxygens (including phenoxy) is 3. The number of hydrogen-bond acceptors (Lipinski definition) is 5. The molecular weight excluding hydrogens is 306 g/mol. The zero-order chi connectivity index (χ0) is 16.8. The number of hydrogen-bond donors (Lipinski definition) is 1. The third-order valence-corrected chi connectivity index (χ3v) is 5.03. The monoisotopic (exact) mass is 335 g/mol. The van der Waals surface area contributed by atoms with Crippen molar-refractivity contribution in [1.82, 2.24) is 4.90 Å². The number of β-amino-alcohol motifs (C(OH)–C–C–N with tert-alkyl or cyclic N) is 1. The molecule has 1 aromatic carbocycles. The molecule has 0 radical (unpaired) electrons. The smallest absolute Gasteiger partial charge is 0.118 e. The summed E-state index contributed by atoms with van der Waals surface area (Å²) in [5.74, 6) is 0.841. The van der Waals surface area contributed by atoms with E-state index in [9.17, 15) is 5.11 Å². The molecular formula is C19H29NO4. The van der Waals surface area contributed by atoms with E-state index in [1.807, 2.05) is 24.3 Å². The predicted molar refractivity (Wildman–Crippen MR) is 92.2 cm³/mol. The number of aliphatic hydroxyl groups is 1. The Morgan fingerprint density at radius 2 is 2.04 bits per heavy atom. The third kappa shape index (κ3) is 4.70. The van der Waals surface area contributed by atoms with Crippen LogP contribution >= 0.6 is 0 Å². The van der Waals surface area contributed by atoms with Crippen molar-refractivity contribution in [3.63, 3.8) is 0 Å². The zero-order valence-corrected chi connectivity index (χ0v) is 14.5. The van der Waals surface area contributed by atoms with Crippen LogP contribution in [-0.2, 0) is 16.1 Å². The standard InChI is InChI=1S/C19H29NO4/c1-22-17-8-6-15(7-9-17)13-23-14-16(21)12-20-10-11-24-19-5-3-2-4-18(19)20/h6-9,16,18-19,21H,2-5,10-14H2,1H3. The van der Waals surface area contributed by atoms with E-state index in [0.29, 0.717) is 31.9 Å². The Kier molecular flexibility index (Phi) is 6.49. The van der Waals surface area contributed by atoms with Gasteiger partial charge in [0.1, 0.15) is 5.75 Å². The lowest BCUT2D eigenvalue weighted by Gasteiger charge is -2.44. The van der Waals surface area contributed by atoms with E-state index < -0.39 is 6.10 Å². The predicted octanol–water partition coefficient (Wildman–Crippen LogP) is 2.22. The van der Waals surface area contributed by atoms with Gasteiger partial charge in [-0.25, -0.2) is 0 Å². The van der Waals surface area contributed by atoms with Crippen LogP contribution < -0.4 is 4.74 Å². The molecule has 3 rings (SSSR count). The summed E-state index contributed by atoms with van der Waals surface area (Å²) in [6.07, 6.45) is 4.78. The minimum absolute atomic E-state index is 0.361. The molecule has 2 aliphatic rings. The van der Waals surface area contributed by atoms with Gasteiger partial charge in [0.25, 0.3) is 0 Å². The summed E-state index contributed by atoms with van der Waals surface area (Å²) in [5.41, 5.74) is 1.08. The van der Waals surface area contributed by atoms with Crippen molar-refractivity contribution < 1.29 is 19.3 Å². The highest BCUT2D eigenvalue weighted by atomic mass is 16.5. The van der Waals surface area contributed by atoms with Gasteiger partial charge < -0.3 is 19.3 Å². The Labute approximate surface area is 144 Å². The largest absolute Gasteiger partial charge is 0.497 e. The number of fused-ring (bicyclic) bond motifs is 1. The minimum atomic E-state index is -0.455. The van der Waals surface area contributed by atoms with Gasteiger partial charge >= 0.3 is 0 Å². The van der Waals surface area contributed by atoms with E-state index in [1.54, 1.807) is 7.11 Å². The van der Waals surface area contributed by atoms with Crippen LogP contribution in [-0.4, -0.2) is 61.7 Å². The number of nitrogens with zero attached hydrogens (tertiary/aromatic N) is 1. The lowest BCUT2D eigenvalue weighted by Crippen LogP contribution is -2.54. The van der Waals surface area contributed by atoms with Gasteiger partial charge in [0, 0.05) is 19.1 Å². The fourth-order valence-electron chi connectivity index (χ4n) is 3.76. The summed E-state index contributed by atoms with van der Waals surface area (Å²) < 4.78 is 16.7. The van der Waals surface area contributed by atoms with Crippen LogP contribution in [0.4, 0.5) is 0 Å². The molecule has 134 valence electrons. The number of rotatable bonds is 7. The normalized spacial score (nSPS) is 25.9. The molecule has 5 nitrogen and oxygen atoms in total. The summed E-state index contributed by atoms with van der Waals surface area (Å²) in [4.78, 5) is 2.40. The number of aliphatic hydroxyl groups excluding tert-OH is 1. The van der Waals surface area contributed by atoms with E-state index in [4.69, 9.17) is 14.2 Å². The van der Waals surface area contributed by atoms with Crippen LogP contribution in [0, 0.1) is 0 Å². The van der Waals surface area contributed by atoms with Crippen molar-refractivity contribution >= 4 is 0 Å². The van der Waals surface area contributed by atoms with Crippen molar-refractivity contribution in [2.75, 3.05) is 33.4 Å². The highest BCUT2D eigenvalue weighted by Gasteiger charge is 2.34. The van der Waals surface area contributed by atoms with Gasteiger partial charge in [-0.1, -0.05) is 25.0 Å². The van der Waals surface area contributed by atoms with Crippen LogP contribution in [0.25, 0.3) is 0 Å². The minimum Gasteiger partial charge on any atom is -0.497 e. The van der Waals surface area contributed by atoms with E-state index in [2.05, 4.69) is 4.90 Å². The van der Waals surface area contributed by atoms with Crippen molar-refractivity contribution in [2.45, 2.75) is 50.5 Å². The van der Waals surface area contributed by atoms with Crippen molar-refractivity contribution in [1.29, 1.82) is 0 Å². The highest BCUT2D eigenvalue weighted by Crippen LogP contribution is 2.28. The van der Waals surface area contributed by atoms with E-state index in [0.717, 1.165) is 30.9 Å². The second-order valence-corrected chi connectivity index (χ2v) is 6.77.